The second-order valence-corrected chi connectivity index (χ2v) is 3.87. The van der Waals surface area contributed by atoms with E-state index in [0.29, 0.717) is 0 Å². The number of carbonyl (C=O) groups is 1. The van der Waals surface area contributed by atoms with Crippen LogP contribution in [0.2, 0.25) is 0 Å². The predicted molar refractivity (Wildman–Crippen MR) is 68.5 cm³/mol. The summed E-state index contributed by atoms with van der Waals surface area (Å²) in [6.45, 7) is 0. The summed E-state index contributed by atoms with van der Waals surface area (Å²) in [6, 6.07) is 7.70. The van der Waals surface area contributed by atoms with Crippen molar-refractivity contribution in [2.45, 2.75) is 0 Å². The van der Waals surface area contributed by atoms with Crippen molar-refractivity contribution in [2.24, 2.45) is 0 Å². The zero-order chi connectivity index (χ0) is 13.2. The molecule has 0 aliphatic carbocycles. The van der Waals surface area contributed by atoms with Crippen molar-refractivity contribution in [2.75, 3.05) is 5.32 Å². The first kappa shape index (κ1) is 11.2. The first-order chi connectivity index (χ1) is 9.24. The average molecular weight is 255 g/mol. The van der Waals surface area contributed by atoms with Gasteiger partial charge in [-0.2, -0.15) is 4.98 Å². The second-order valence-electron chi connectivity index (χ2n) is 3.87. The molecule has 3 rings (SSSR count). The molecule has 19 heavy (non-hydrogen) atoms. The fraction of sp³-hybridized carbons (Fsp3) is 0. The van der Waals surface area contributed by atoms with Gasteiger partial charge in [-0.05, 0) is 17.5 Å². The third-order valence-corrected chi connectivity index (χ3v) is 2.65. The maximum Gasteiger partial charge on any atom is 0.357 e. The summed E-state index contributed by atoms with van der Waals surface area (Å²) in [5.41, 5.74) is 0.616. The molecule has 6 heteroatoms. The summed E-state index contributed by atoms with van der Waals surface area (Å²) in [4.78, 5) is 18.6. The van der Waals surface area contributed by atoms with Crippen molar-refractivity contribution in [3.63, 3.8) is 0 Å². The number of rotatable bonds is 3. The topological polar surface area (TPSA) is 88.2 Å². The number of hydrogen-bond donors (Lipinski definition) is 2. The number of aromatic nitrogens is 2. The molecule has 0 radical (unpaired) electrons. The zero-order valence-corrected chi connectivity index (χ0v) is 9.70. The monoisotopic (exact) mass is 255 g/mol. The lowest BCUT2D eigenvalue weighted by atomic mass is 10.1. The minimum Gasteiger partial charge on any atom is -0.476 e. The molecule has 0 amide bonds. The van der Waals surface area contributed by atoms with E-state index in [1.165, 1.54) is 0 Å². The first-order valence-corrected chi connectivity index (χ1v) is 5.52. The first-order valence-electron chi connectivity index (χ1n) is 5.52. The van der Waals surface area contributed by atoms with E-state index in [9.17, 15) is 4.79 Å². The predicted octanol–water partition coefficient (Wildman–Crippen LogP) is 2.66. The third-order valence-electron chi connectivity index (χ3n) is 2.65. The Morgan fingerprint density at radius 3 is 3.00 bits per heavy atom. The average Bonchev–Trinajstić information content (AvgIpc) is 2.88. The van der Waals surface area contributed by atoms with E-state index in [4.69, 9.17) is 9.52 Å². The van der Waals surface area contributed by atoms with Crippen LogP contribution in [0.4, 0.5) is 11.7 Å². The second kappa shape index (κ2) is 4.41. The number of oxazole rings is 1. The Balaban J connectivity index is 1.98. The van der Waals surface area contributed by atoms with Crippen LogP contribution in [0.1, 0.15) is 10.5 Å². The van der Waals surface area contributed by atoms with Crippen molar-refractivity contribution in [1.82, 2.24) is 9.97 Å². The molecular weight excluding hydrogens is 246 g/mol. The van der Waals surface area contributed by atoms with E-state index in [-0.39, 0.29) is 11.7 Å². The van der Waals surface area contributed by atoms with Crippen molar-refractivity contribution in [1.29, 1.82) is 0 Å². The summed E-state index contributed by atoms with van der Waals surface area (Å²) in [5.74, 6) is -1.13. The molecule has 94 valence electrons. The molecule has 0 saturated carbocycles. The lowest BCUT2D eigenvalue weighted by Crippen LogP contribution is -1.97. The molecule has 0 bridgehead atoms. The Morgan fingerprint density at radius 2 is 2.21 bits per heavy atom. The fourth-order valence-electron chi connectivity index (χ4n) is 1.77. The van der Waals surface area contributed by atoms with Gasteiger partial charge in [0.1, 0.15) is 6.26 Å². The number of benzene rings is 1. The van der Waals surface area contributed by atoms with Crippen molar-refractivity contribution in [3.05, 3.63) is 48.6 Å². The van der Waals surface area contributed by atoms with Crippen LogP contribution in [-0.2, 0) is 0 Å². The van der Waals surface area contributed by atoms with Crippen LogP contribution in [0.5, 0.6) is 0 Å². The van der Waals surface area contributed by atoms with Gasteiger partial charge in [-0.3, -0.25) is 4.98 Å². The highest BCUT2D eigenvalue weighted by Gasteiger charge is 2.11. The van der Waals surface area contributed by atoms with Crippen LogP contribution < -0.4 is 5.32 Å². The van der Waals surface area contributed by atoms with E-state index in [2.05, 4.69) is 15.3 Å². The maximum atomic E-state index is 10.7. The summed E-state index contributed by atoms with van der Waals surface area (Å²) in [5, 5.41) is 13.6. The molecule has 0 saturated heterocycles. The lowest BCUT2D eigenvalue weighted by molar-refractivity contribution is 0.0690. The normalized spacial score (nSPS) is 10.5. The highest BCUT2D eigenvalue weighted by Crippen LogP contribution is 2.25. The van der Waals surface area contributed by atoms with E-state index in [1.807, 2.05) is 24.3 Å². The van der Waals surface area contributed by atoms with Gasteiger partial charge >= 0.3 is 5.97 Å². The molecule has 0 aliphatic rings. The molecule has 1 aromatic carbocycles. The molecule has 0 fully saturated rings. The van der Waals surface area contributed by atoms with E-state index < -0.39 is 5.97 Å². The number of hydrogen-bond acceptors (Lipinski definition) is 5. The minimum atomic E-state index is -1.13. The summed E-state index contributed by atoms with van der Waals surface area (Å²) in [6.07, 6.45) is 4.52. The Kier molecular flexibility index (Phi) is 2.60. The van der Waals surface area contributed by atoms with Gasteiger partial charge in [0.15, 0.2) is 5.69 Å². The number of nitrogens with zero attached hydrogens (tertiary/aromatic N) is 2. The number of pyridine rings is 1. The van der Waals surface area contributed by atoms with E-state index in [0.717, 1.165) is 22.7 Å². The molecule has 0 atom stereocenters. The quantitative estimate of drug-likeness (QED) is 0.748. The van der Waals surface area contributed by atoms with Gasteiger partial charge < -0.3 is 14.8 Å². The number of fused-ring (bicyclic) bond motifs is 1. The molecule has 3 aromatic rings. The Labute approximate surface area is 107 Å². The highest BCUT2D eigenvalue weighted by atomic mass is 16.4. The molecule has 2 aromatic heterocycles. The van der Waals surface area contributed by atoms with Crippen LogP contribution in [0.15, 0.2) is 47.3 Å². The van der Waals surface area contributed by atoms with Crippen LogP contribution in [0, 0.1) is 0 Å². The SMILES string of the molecule is O=C(O)c1coc(Nc2cccc3ccncc23)n1. The number of anilines is 2. The highest BCUT2D eigenvalue weighted by molar-refractivity contribution is 5.94. The number of carboxylic acid groups (broad SMARTS) is 1. The van der Waals surface area contributed by atoms with Crippen LogP contribution in [0.3, 0.4) is 0 Å². The summed E-state index contributed by atoms with van der Waals surface area (Å²) >= 11 is 0. The Bertz CT molecular complexity index is 746. The standard InChI is InChI=1S/C13H9N3O3/c17-12(18)11-7-19-13(16-11)15-10-3-1-2-8-4-5-14-6-9(8)10/h1-7H,(H,15,16)(H,17,18). The number of aromatic carboxylic acids is 1. The number of nitrogens with one attached hydrogen (secondary N) is 1. The van der Waals surface area contributed by atoms with Crippen LogP contribution in [-0.4, -0.2) is 21.0 Å². The fourth-order valence-corrected chi connectivity index (χ4v) is 1.77. The van der Waals surface area contributed by atoms with Crippen molar-refractivity contribution < 1.29 is 14.3 Å². The van der Waals surface area contributed by atoms with Gasteiger partial charge in [0, 0.05) is 17.8 Å². The van der Waals surface area contributed by atoms with Crippen LogP contribution in [0.25, 0.3) is 10.8 Å². The molecule has 0 aliphatic heterocycles. The minimum absolute atomic E-state index is 0.133. The smallest absolute Gasteiger partial charge is 0.357 e. The van der Waals surface area contributed by atoms with Crippen molar-refractivity contribution in [3.8, 4) is 0 Å². The summed E-state index contributed by atoms with van der Waals surface area (Å²) < 4.78 is 5.06. The van der Waals surface area contributed by atoms with E-state index >= 15 is 0 Å². The molecular formula is C13H9N3O3. The maximum absolute atomic E-state index is 10.7. The third kappa shape index (κ3) is 2.11. The van der Waals surface area contributed by atoms with Gasteiger partial charge in [0.2, 0.25) is 0 Å². The summed E-state index contributed by atoms with van der Waals surface area (Å²) in [7, 11) is 0. The lowest BCUT2D eigenvalue weighted by Gasteiger charge is -2.05. The van der Waals surface area contributed by atoms with E-state index in [1.54, 1.807) is 12.4 Å². The molecule has 2 N–H and O–H groups in total. The molecule has 6 nitrogen and oxygen atoms in total. The van der Waals surface area contributed by atoms with Gasteiger partial charge in [-0.25, -0.2) is 4.79 Å². The molecule has 0 unspecified atom stereocenters. The molecule has 0 spiro atoms. The Morgan fingerprint density at radius 1 is 1.32 bits per heavy atom. The van der Waals surface area contributed by atoms with Crippen LogP contribution >= 0.6 is 0 Å². The largest absolute Gasteiger partial charge is 0.476 e. The van der Waals surface area contributed by atoms with Gasteiger partial charge in [-0.1, -0.05) is 12.1 Å². The van der Waals surface area contributed by atoms with Gasteiger partial charge in [0.25, 0.3) is 6.01 Å². The zero-order valence-electron chi connectivity index (χ0n) is 9.70. The Hall–Kier alpha value is -2.89. The van der Waals surface area contributed by atoms with Gasteiger partial charge in [0.05, 0.1) is 5.69 Å². The molecule has 2 heterocycles. The number of carboxylic acids is 1. The van der Waals surface area contributed by atoms with Gasteiger partial charge in [-0.15, -0.1) is 0 Å². The van der Waals surface area contributed by atoms with Crippen molar-refractivity contribution >= 4 is 28.4 Å².